The summed E-state index contributed by atoms with van der Waals surface area (Å²) in [6.45, 7) is 6.83. The average Bonchev–Trinajstić information content (AvgIpc) is 2.96. The van der Waals surface area contributed by atoms with E-state index in [0.29, 0.717) is 31.3 Å². The minimum absolute atomic E-state index is 0.0620. The Morgan fingerprint density at radius 1 is 1.15 bits per heavy atom. The predicted molar refractivity (Wildman–Crippen MR) is 104 cm³/mol. The monoisotopic (exact) mass is 368 g/mol. The molecule has 0 fully saturated rings. The lowest BCUT2D eigenvalue weighted by Crippen LogP contribution is -2.26. The van der Waals surface area contributed by atoms with Crippen LogP contribution in [0.15, 0.2) is 24.3 Å². The maximum absolute atomic E-state index is 11.1. The maximum Gasteiger partial charge on any atom is 0.216 e. The molecular formula is C19H24N6O2. The van der Waals surface area contributed by atoms with Crippen molar-refractivity contribution in [2.75, 3.05) is 25.5 Å². The van der Waals surface area contributed by atoms with Gasteiger partial charge in [-0.15, -0.1) is 0 Å². The molecule has 8 heteroatoms. The molecule has 0 aliphatic carbocycles. The molecule has 0 spiro atoms. The maximum atomic E-state index is 11.1. The number of aryl methyl sites for hydroxylation is 2. The number of hydrogen-bond donors (Lipinski definition) is 2. The highest BCUT2D eigenvalue weighted by Crippen LogP contribution is 2.26. The Morgan fingerprint density at radius 3 is 2.56 bits per heavy atom. The van der Waals surface area contributed by atoms with Gasteiger partial charge in [-0.3, -0.25) is 4.79 Å². The molecule has 0 bridgehead atoms. The minimum atomic E-state index is -0.0620. The van der Waals surface area contributed by atoms with Crippen molar-refractivity contribution in [1.29, 1.82) is 0 Å². The molecule has 142 valence electrons. The number of nitrogens with one attached hydrogen (secondary N) is 2. The van der Waals surface area contributed by atoms with Crippen molar-refractivity contribution in [3.8, 4) is 5.69 Å². The van der Waals surface area contributed by atoms with E-state index >= 15 is 0 Å². The molecule has 2 aromatic heterocycles. The first kappa shape index (κ1) is 18.8. The fourth-order valence-electron chi connectivity index (χ4n) is 2.83. The third kappa shape index (κ3) is 4.22. The molecule has 0 atom stereocenters. The van der Waals surface area contributed by atoms with E-state index in [4.69, 9.17) is 4.74 Å². The number of methoxy groups -OCH3 is 1. The number of fused-ring (bicyclic) bond motifs is 1. The molecule has 0 unspecified atom stereocenters. The molecule has 3 rings (SSSR count). The van der Waals surface area contributed by atoms with Gasteiger partial charge in [-0.25, -0.2) is 14.6 Å². The fraction of sp³-hybridized carbons (Fsp3) is 0.368. The van der Waals surface area contributed by atoms with Crippen LogP contribution in [0.4, 0.5) is 5.82 Å². The molecule has 0 aliphatic rings. The zero-order valence-electron chi connectivity index (χ0n) is 16.0. The molecule has 0 radical (unpaired) electrons. The number of hydrogen-bond acceptors (Lipinski definition) is 6. The Balaban J connectivity index is 2.03. The van der Waals surface area contributed by atoms with Crippen LogP contribution in [-0.2, 0) is 16.1 Å². The molecule has 2 heterocycles. The third-order valence-corrected chi connectivity index (χ3v) is 4.09. The molecule has 0 saturated heterocycles. The van der Waals surface area contributed by atoms with E-state index in [1.807, 2.05) is 42.8 Å². The summed E-state index contributed by atoms with van der Waals surface area (Å²) >= 11 is 0. The largest absolute Gasteiger partial charge is 0.377 e. The normalized spacial score (nSPS) is 11.0. The highest BCUT2D eigenvalue weighted by Gasteiger charge is 2.17. The molecule has 27 heavy (non-hydrogen) atoms. The van der Waals surface area contributed by atoms with E-state index in [2.05, 4.69) is 25.7 Å². The second-order valence-corrected chi connectivity index (χ2v) is 6.36. The Morgan fingerprint density at radius 2 is 1.89 bits per heavy atom. The Hall–Kier alpha value is -3.00. The quantitative estimate of drug-likeness (QED) is 0.621. The van der Waals surface area contributed by atoms with Crippen molar-refractivity contribution in [1.82, 2.24) is 25.1 Å². The summed E-state index contributed by atoms with van der Waals surface area (Å²) < 4.78 is 7.04. The molecule has 1 amide bonds. The lowest BCUT2D eigenvalue weighted by atomic mass is 10.2. The van der Waals surface area contributed by atoms with Gasteiger partial charge in [0.05, 0.1) is 16.8 Å². The lowest BCUT2D eigenvalue weighted by molar-refractivity contribution is -0.118. The van der Waals surface area contributed by atoms with Crippen LogP contribution >= 0.6 is 0 Å². The highest BCUT2D eigenvalue weighted by atomic mass is 16.5. The van der Waals surface area contributed by atoms with Crippen LogP contribution in [0.25, 0.3) is 16.7 Å². The second kappa shape index (κ2) is 8.13. The average molecular weight is 368 g/mol. The zero-order chi connectivity index (χ0) is 19.4. The number of ether oxygens (including phenoxy) is 1. The summed E-state index contributed by atoms with van der Waals surface area (Å²) in [7, 11) is 1.61. The number of nitrogens with zero attached hydrogens (tertiary/aromatic N) is 4. The number of amides is 1. The van der Waals surface area contributed by atoms with Gasteiger partial charge in [0.25, 0.3) is 0 Å². The Kier molecular flexibility index (Phi) is 5.66. The summed E-state index contributed by atoms with van der Waals surface area (Å²) in [4.78, 5) is 20.3. The van der Waals surface area contributed by atoms with E-state index < -0.39 is 0 Å². The van der Waals surface area contributed by atoms with Crippen molar-refractivity contribution in [2.45, 2.75) is 27.4 Å². The molecule has 8 nitrogen and oxygen atoms in total. The zero-order valence-corrected chi connectivity index (χ0v) is 16.0. The van der Waals surface area contributed by atoms with Crippen LogP contribution in [-0.4, -0.2) is 45.9 Å². The van der Waals surface area contributed by atoms with E-state index in [9.17, 15) is 4.79 Å². The molecule has 1 aromatic carbocycles. The summed E-state index contributed by atoms with van der Waals surface area (Å²) in [5.41, 5.74) is 3.67. The lowest BCUT2D eigenvalue weighted by Gasteiger charge is -2.10. The van der Waals surface area contributed by atoms with Gasteiger partial charge in [0.15, 0.2) is 11.5 Å². The number of carbonyl (C=O) groups excluding carboxylic acids is 1. The summed E-state index contributed by atoms with van der Waals surface area (Å²) in [6.07, 6.45) is 0. The first-order chi connectivity index (χ1) is 13.0. The van der Waals surface area contributed by atoms with E-state index in [0.717, 1.165) is 22.4 Å². The van der Waals surface area contributed by atoms with Crippen LogP contribution in [0.3, 0.4) is 0 Å². The summed E-state index contributed by atoms with van der Waals surface area (Å²) in [6, 6.07) is 8.12. The standard InChI is InChI=1S/C19H24N6O2/c1-12-5-7-15(8-6-12)25-19-17(13(2)24-25)18(21-10-9-20-14(3)26)22-16(23-19)11-27-4/h5-8H,9-11H2,1-4H3,(H,20,26)(H,21,22,23). The Labute approximate surface area is 158 Å². The van der Waals surface area contributed by atoms with Gasteiger partial charge in [0, 0.05) is 27.1 Å². The second-order valence-electron chi connectivity index (χ2n) is 6.36. The van der Waals surface area contributed by atoms with Crippen molar-refractivity contribution in [3.63, 3.8) is 0 Å². The van der Waals surface area contributed by atoms with Crippen molar-refractivity contribution >= 4 is 22.8 Å². The molecule has 0 aliphatic heterocycles. The van der Waals surface area contributed by atoms with Gasteiger partial charge in [-0.1, -0.05) is 17.7 Å². The van der Waals surface area contributed by atoms with Crippen molar-refractivity contribution in [3.05, 3.63) is 41.3 Å². The van der Waals surface area contributed by atoms with Crippen LogP contribution in [0, 0.1) is 13.8 Å². The predicted octanol–water partition coefficient (Wildman–Crippen LogP) is 2.13. The third-order valence-electron chi connectivity index (χ3n) is 4.09. The smallest absolute Gasteiger partial charge is 0.216 e. The SMILES string of the molecule is COCc1nc(NCCNC(C)=O)c2c(C)nn(-c3ccc(C)cc3)c2n1. The minimum Gasteiger partial charge on any atom is -0.377 e. The fourth-order valence-corrected chi connectivity index (χ4v) is 2.83. The molecular weight excluding hydrogens is 344 g/mol. The van der Waals surface area contributed by atoms with Crippen LogP contribution in [0.2, 0.25) is 0 Å². The number of benzene rings is 1. The number of anilines is 1. The van der Waals surface area contributed by atoms with Gasteiger partial charge in [0.1, 0.15) is 12.4 Å². The van der Waals surface area contributed by atoms with Gasteiger partial charge in [-0.05, 0) is 26.0 Å². The van der Waals surface area contributed by atoms with Gasteiger partial charge >= 0.3 is 0 Å². The van der Waals surface area contributed by atoms with Crippen LogP contribution in [0.5, 0.6) is 0 Å². The Bertz CT molecular complexity index is 949. The van der Waals surface area contributed by atoms with E-state index in [-0.39, 0.29) is 5.91 Å². The van der Waals surface area contributed by atoms with Gasteiger partial charge in [-0.2, -0.15) is 5.10 Å². The summed E-state index contributed by atoms with van der Waals surface area (Å²) in [5.74, 6) is 1.20. The van der Waals surface area contributed by atoms with Crippen molar-refractivity contribution in [2.24, 2.45) is 0 Å². The molecule has 3 aromatic rings. The first-order valence-corrected chi connectivity index (χ1v) is 8.80. The first-order valence-electron chi connectivity index (χ1n) is 8.80. The number of rotatable bonds is 7. The number of carbonyl (C=O) groups is 1. The van der Waals surface area contributed by atoms with Crippen LogP contribution in [0.1, 0.15) is 24.0 Å². The molecule has 0 saturated carbocycles. The summed E-state index contributed by atoms with van der Waals surface area (Å²) in [5, 5.41) is 11.6. The van der Waals surface area contributed by atoms with Gasteiger partial charge in [0.2, 0.25) is 5.91 Å². The van der Waals surface area contributed by atoms with Crippen molar-refractivity contribution < 1.29 is 9.53 Å². The topological polar surface area (TPSA) is 94.0 Å². The number of aromatic nitrogens is 4. The van der Waals surface area contributed by atoms with E-state index in [1.165, 1.54) is 12.5 Å². The van der Waals surface area contributed by atoms with E-state index in [1.54, 1.807) is 7.11 Å². The van der Waals surface area contributed by atoms with Gasteiger partial charge < -0.3 is 15.4 Å². The molecule has 2 N–H and O–H groups in total. The van der Waals surface area contributed by atoms with Crippen LogP contribution < -0.4 is 10.6 Å². The highest BCUT2D eigenvalue weighted by molar-refractivity contribution is 5.90.